The Hall–Kier alpha value is -2.25. The molecule has 0 radical (unpaired) electrons. The van der Waals surface area contributed by atoms with Gasteiger partial charge in [0.05, 0.1) is 4.92 Å². The number of hydrogen-bond donors (Lipinski definition) is 0. The predicted octanol–water partition coefficient (Wildman–Crippen LogP) is 2.98. The average molecular weight is 320 g/mol. The Labute approximate surface area is 129 Å². The van der Waals surface area contributed by atoms with Crippen molar-refractivity contribution in [3.63, 3.8) is 0 Å². The van der Waals surface area contributed by atoms with Gasteiger partial charge in [0.25, 0.3) is 5.69 Å². The van der Waals surface area contributed by atoms with Crippen LogP contribution in [-0.4, -0.2) is 24.7 Å². The fourth-order valence-electron chi connectivity index (χ4n) is 2.13. The molecule has 2 aromatic carbocycles. The highest BCUT2D eigenvalue weighted by Gasteiger charge is 2.32. The van der Waals surface area contributed by atoms with Crippen LogP contribution in [0.25, 0.3) is 0 Å². The van der Waals surface area contributed by atoms with Crippen LogP contribution in [-0.2, 0) is 10.0 Å². The molecular weight excluding hydrogens is 304 g/mol. The second-order valence-corrected chi connectivity index (χ2v) is 6.80. The Bertz CT molecular complexity index is 775. The topological polar surface area (TPSA) is 80.5 Å². The monoisotopic (exact) mass is 320 g/mol. The first-order chi connectivity index (χ1) is 10.4. The molecule has 7 heteroatoms. The Morgan fingerprint density at radius 3 is 2.18 bits per heavy atom. The molecule has 0 N–H and O–H groups in total. The Morgan fingerprint density at radius 1 is 1.05 bits per heavy atom. The third-order valence-corrected chi connectivity index (χ3v) is 5.52. The molecule has 0 aliphatic heterocycles. The molecule has 0 fully saturated rings. The zero-order valence-corrected chi connectivity index (χ0v) is 13.0. The zero-order chi connectivity index (χ0) is 16.3. The SMILES string of the molecule is C[C@H](c1ccccc1)N(C)S(=O)(=O)c1ccccc1[N+](=O)[O-]. The van der Waals surface area contributed by atoms with Crippen LogP contribution in [0.15, 0.2) is 59.5 Å². The normalized spacial score (nSPS) is 13.0. The maximum absolute atomic E-state index is 12.7. The lowest BCUT2D eigenvalue weighted by molar-refractivity contribution is -0.387. The van der Waals surface area contributed by atoms with Gasteiger partial charge in [-0.2, -0.15) is 4.31 Å². The van der Waals surface area contributed by atoms with Crippen molar-refractivity contribution in [3.8, 4) is 0 Å². The minimum Gasteiger partial charge on any atom is -0.258 e. The minimum absolute atomic E-state index is 0.301. The molecule has 0 aromatic heterocycles. The van der Waals surface area contributed by atoms with Crippen LogP contribution in [0.1, 0.15) is 18.5 Å². The number of hydrogen-bond acceptors (Lipinski definition) is 4. The van der Waals surface area contributed by atoms with E-state index >= 15 is 0 Å². The summed E-state index contributed by atoms with van der Waals surface area (Å²) in [7, 11) is -2.55. The highest BCUT2D eigenvalue weighted by atomic mass is 32.2. The molecule has 0 bridgehead atoms. The van der Waals surface area contributed by atoms with Crippen molar-refractivity contribution < 1.29 is 13.3 Å². The number of rotatable bonds is 5. The van der Waals surface area contributed by atoms with E-state index in [0.717, 1.165) is 9.87 Å². The van der Waals surface area contributed by atoms with Crippen LogP contribution in [0.5, 0.6) is 0 Å². The second-order valence-electron chi connectivity index (χ2n) is 4.83. The van der Waals surface area contributed by atoms with Crippen LogP contribution in [0.3, 0.4) is 0 Å². The molecular formula is C15H16N2O4S. The van der Waals surface area contributed by atoms with Gasteiger partial charge in [-0.05, 0) is 18.6 Å². The maximum atomic E-state index is 12.7. The number of nitrogens with zero attached hydrogens (tertiary/aromatic N) is 2. The van der Waals surface area contributed by atoms with Crippen LogP contribution >= 0.6 is 0 Å². The van der Waals surface area contributed by atoms with Gasteiger partial charge in [-0.3, -0.25) is 10.1 Å². The maximum Gasteiger partial charge on any atom is 0.289 e. The van der Waals surface area contributed by atoms with Gasteiger partial charge in [0.1, 0.15) is 0 Å². The van der Waals surface area contributed by atoms with E-state index in [9.17, 15) is 18.5 Å². The van der Waals surface area contributed by atoms with Gasteiger partial charge >= 0.3 is 0 Å². The van der Waals surface area contributed by atoms with E-state index in [1.54, 1.807) is 6.92 Å². The molecule has 0 saturated heterocycles. The molecule has 2 rings (SSSR count). The van der Waals surface area contributed by atoms with E-state index in [0.29, 0.717) is 0 Å². The number of benzene rings is 2. The van der Waals surface area contributed by atoms with Crippen molar-refractivity contribution in [1.82, 2.24) is 4.31 Å². The van der Waals surface area contributed by atoms with E-state index in [1.807, 2.05) is 30.3 Å². The van der Waals surface area contributed by atoms with Gasteiger partial charge in [-0.25, -0.2) is 8.42 Å². The summed E-state index contributed by atoms with van der Waals surface area (Å²) in [5, 5.41) is 11.1. The summed E-state index contributed by atoms with van der Waals surface area (Å²) in [4.78, 5) is 10.1. The lowest BCUT2D eigenvalue weighted by Gasteiger charge is -2.24. The van der Waals surface area contributed by atoms with Crippen LogP contribution in [0.4, 0.5) is 5.69 Å². The Balaban J connectivity index is 2.45. The highest BCUT2D eigenvalue weighted by molar-refractivity contribution is 7.89. The van der Waals surface area contributed by atoms with Gasteiger partial charge in [-0.15, -0.1) is 0 Å². The van der Waals surface area contributed by atoms with Crippen molar-refractivity contribution in [2.24, 2.45) is 0 Å². The third kappa shape index (κ3) is 3.00. The first kappa shape index (κ1) is 16.1. The lowest BCUT2D eigenvalue weighted by Crippen LogP contribution is -2.30. The van der Waals surface area contributed by atoms with E-state index < -0.39 is 26.7 Å². The molecule has 1 atom stereocenters. The molecule has 22 heavy (non-hydrogen) atoms. The van der Waals surface area contributed by atoms with Crippen molar-refractivity contribution in [3.05, 3.63) is 70.3 Å². The van der Waals surface area contributed by atoms with Crippen molar-refractivity contribution >= 4 is 15.7 Å². The molecule has 0 saturated carbocycles. The van der Waals surface area contributed by atoms with Gasteiger partial charge in [0.15, 0.2) is 4.90 Å². The van der Waals surface area contributed by atoms with E-state index in [2.05, 4.69) is 0 Å². The molecule has 0 heterocycles. The predicted molar refractivity (Wildman–Crippen MR) is 82.9 cm³/mol. The van der Waals surface area contributed by atoms with Crippen LogP contribution in [0, 0.1) is 10.1 Å². The molecule has 0 unspecified atom stereocenters. The summed E-state index contributed by atoms with van der Waals surface area (Å²) in [6, 6.07) is 14.0. The minimum atomic E-state index is -3.97. The smallest absolute Gasteiger partial charge is 0.258 e. The third-order valence-electron chi connectivity index (χ3n) is 3.55. The van der Waals surface area contributed by atoms with Gasteiger partial charge in [0, 0.05) is 19.2 Å². The fourth-order valence-corrected chi connectivity index (χ4v) is 3.64. The molecule has 0 amide bonds. The fraction of sp³-hybridized carbons (Fsp3) is 0.200. The lowest BCUT2D eigenvalue weighted by atomic mass is 10.1. The first-order valence-corrected chi connectivity index (χ1v) is 8.06. The summed E-state index contributed by atoms with van der Waals surface area (Å²) in [6.45, 7) is 1.74. The summed E-state index contributed by atoms with van der Waals surface area (Å²) in [5.41, 5.74) is 0.391. The standard InChI is InChI=1S/C15H16N2O4S/c1-12(13-8-4-3-5-9-13)16(2)22(20,21)15-11-7-6-10-14(15)17(18)19/h3-12H,1-2H3/t12-/m1/s1. The molecule has 116 valence electrons. The van der Waals surface area contributed by atoms with E-state index in [1.165, 1.54) is 31.3 Å². The van der Waals surface area contributed by atoms with E-state index in [4.69, 9.17) is 0 Å². The van der Waals surface area contributed by atoms with Gasteiger partial charge < -0.3 is 0 Å². The van der Waals surface area contributed by atoms with E-state index in [-0.39, 0.29) is 4.90 Å². The van der Waals surface area contributed by atoms with Gasteiger partial charge in [-0.1, -0.05) is 42.5 Å². The number of sulfonamides is 1. The van der Waals surface area contributed by atoms with Gasteiger partial charge in [0.2, 0.25) is 10.0 Å². The molecule has 2 aromatic rings. The van der Waals surface area contributed by atoms with Crippen LogP contribution in [0.2, 0.25) is 0 Å². The van der Waals surface area contributed by atoms with Crippen molar-refractivity contribution in [2.75, 3.05) is 7.05 Å². The molecule has 0 spiro atoms. The van der Waals surface area contributed by atoms with Crippen molar-refractivity contribution in [1.29, 1.82) is 0 Å². The number of nitro benzene ring substituents is 1. The summed E-state index contributed by atoms with van der Waals surface area (Å²) >= 11 is 0. The number of para-hydroxylation sites is 1. The van der Waals surface area contributed by atoms with Crippen molar-refractivity contribution in [2.45, 2.75) is 17.9 Å². The first-order valence-electron chi connectivity index (χ1n) is 6.62. The highest BCUT2D eigenvalue weighted by Crippen LogP contribution is 2.30. The number of nitro groups is 1. The molecule has 6 nitrogen and oxygen atoms in total. The second kappa shape index (κ2) is 6.25. The Kier molecular flexibility index (Phi) is 4.58. The molecule has 0 aliphatic carbocycles. The summed E-state index contributed by atoms with van der Waals surface area (Å²) in [6.07, 6.45) is 0. The zero-order valence-electron chi connectivity index (χ0n) is 12.2. The summed E-state index contributed by atoms with van der Waals surface area (Å²) in [5.74, 6) is 0. The molecule has 0 aliphatic rings. The largest absolute Gasteiger partial charge is 0.289 e. The average Bonchev–Trinajstić information content (AvgIpc) is 2.54. The van der Waals surface area contributed by atoms with Crippen LogP contribution < -0.4 is 0 Å². The quantitative estimate of drug-likeness (QED) is 0.626. The summed E-state index contributed by atoms with van der Waals surface area (Å²) < 4.78 is 26.5. The Morgan fingerprint density at radius 2 is 1.59 bits per heavy atom.